The van der Waals surface area contributed by atoms with Crippen LogP contribution < -0.4 is 10.1 Å². The Morgan fingerprint density at radius 3 is 2.31 bits per heavy atom. The molecule has 3 rings (SSSR count). The molecule has 0 saturated heterocycles. The van der Waals surface area contributed by atoms with E-state index in [0.29, 0.717) is 18.7 Å². The molecule has 0 saturated carbocycles. The fourth-order valence-electron chi connectivity index (χ4n) is 3.61. The summed E-state index contributed by atoms with van der Waals surface area (Å²) in [6.07, 6.45) is 2.15. The van der Waals surface area contributed by atoms with Gasteiger partial charge in [-0.1, -0.05) is 71.7 Å². The molecule has 184 valence electrons. The van der Waals surface area contributed by atoms with Crippen LogP contribution in [0.4, 0.5) is 4.39 Å². The van der Waals surface area contributed by atoms with Crippen LogP contribution in [0.25, 0.3) is 0 Å². The Balaban J connectivity index is 1.86. The molecule has 1 unspecified atom stereocenters. The monoisotopic (exact) mass is 540 g/mol. The molecule has 2 amide bonds. The SMILES string of the molecule is CCCCNC(=O)C(Cc1ccccc1)N(Cc1ccc(F)cc1)C(=O)COc1ccc(Br)cc1. The van der Waals surface area contributed by atoms with Gasteiger partial charge in [0.15, 0.2) is 6.61 Å². The van der Waals surface area contributed by atoms with E-state index < -0.39 is 6.04 Å². The van der Waals surface area contributed by atoms with Crippen molar-refractivity contribution >= 4 is 27.7 Å². The van der Waals surface area contributed by atoms with Crippen LogP contribution >= 0.6 is 15.9 Å². The van der Waals surface area contributed by atoms with Crippen LogP contribution in [0.15, 0.2) is 83.3 Å². The average Bonchev–Trinajstić information content (AvgIpc) is 2.87. The van der Waals surface area contributed by atoms with Crippen molar-refractivity contribution in [1.82, 2.24) is 10.2 Å². The topological polar surface area (TPSA) is 58.6 Å². The first kappa shape index (κ1) is 26.4. The largest absolute Gasteiger partial charge is 0.484 e. The molecule has 0 fully saturated rings. The summed E-state index contributed by atoms with van der Waals surface area (Å²) in [7, 11) is 0. The maximum absolute atomic E-state index is 13.5. The van der Waals surface area contributed by atoms with Crippen molar-refractivity contribution < 1.29 is 18.7 Å². The van der Waals surface area contributed by atoms with Crippen molar-refractivity contribution in [3.8, 4) is 5.75 Å². The molecule has 0 heterocycles. The molecule has 0 aromatic heterocycles. The Morgan fingerprint density at radius 1 is 0.971 bits per heavy atom. The van der Waals surface area contributed by atoms with E-state index in [1.165, 1.54) is 17.0 Å². The number of nitrogens with zero attached hydrogens (tertiary/aromatic N) is 1. The first-order valence-electron chi connectivity index (χ1n) is 11.7. The summed E-state index contributed by atoms with van der Waals surface area (Å²) in [6, 6.07) is 22.0. The lowest BCUT2D eigenvalue weighted by molar-refractivity contribution is -0.142. The Hall–Kier alpha value is -3.19. The van der Waals surface area contributed by atoms with E-state index in [4.69, 9.17) is 4.74 Å². The summed E-state index contributed by atoms with van der Waals surface area (Å²) in [5.74, 6) is -0.358. The molecule has 35 heavy (non-hydrogen) atoms. The van der Waals surface area contributed by atoms with Crippen LogP contribution in [-0.4, -0.2) is 35.9 Å². The standard InChI is InChI=1S/C28H30BrFN2O3/c1-2-3-17-31-28(34)26(18-21-7-5-4-6-8-21)32(19-22-9-13-24(30)14-10-22)27(33)20-35-25-15-11-23(29)12-16-25/h4-16,26H,2-3,17-20H2,1H3,(H,31,34). The van der Waals surface area contributed by atoms with Crippen LogP contribution in [0.5, 0.6) is 5.75 Å². The molecule has 0 spiro atoms. The zero-order chi connectivity index (χ0) is 25.0. The molecule has 3 aromatic carbocycles. The van der Waals surface area contributed by atoms with E-state index in [1.54, 1.807) is 24.3 Å². The number of nitrogens with one attached hydrogen (secondary N) is 1. The van der Waals surface area contributed by atoms with E-state index in [-0.39, 0.29) is 30.8 Å². The molecular weight excluding hydrogens is 511 g/mol. The highest BCUT2D eigenvalue weighted by atomic mass is 79.9. The molecule has 7 heteroatoms. The Bertz CT molecular complexity index is 1080. The number of ether oxygens (including phenoxy) is 1. The third-order valence-corrected chi connectivity index (χ3v) is 6.07. The number of carbonyl (C=O) groups is 2. The number of halogens is 2. The van der Waals surface area contributed by atoms with Gasteiger partial charge in [0.25, 0.3) is 5.91 Å². The minimum Gasteiger partial charge on any atom is -0.484 e. The second kappa shape index (κ2) is 13.6. The highest BCUT2D eigenvalue weighted by Gasteiger charge is 2.30. The minimum absolute atomic E-state index is 0.154. The van der Waals surface area contributed by atoms with Gasteiger partial charge in [0.2, 0.25) is 5.91 Å². The summed E-state index contributed by atoms with van der Waals surface area (Å²) in [4.78, 5) is 28.3. The van der Waals surface area contributed by atoms with Crippen LogP contribution in [0.3, 0.4) is 0 Å². The van der Waals surface area contributed by atoms with Gasteiger partial charge in [-0.25, -0.2) is 4.39 Å². The Labute approximate surface area is 214 Å². The predicted molar refractivity (Wildman–Crippen MR) is 138 cm³/mol. The van der Waals surface area contributed by atoms with Crippen LogP contribution in [0, 0.1) is 5.82 Å². The van der Waals surface area contributed by atoms with Gasteiger partial charge in [-0.15, -0.1) is 0 Å². The van der Waals surface area contributed by atoms with Crippen molar-refractivity contribution in [2.75, 3.05) is 13.2 Å². The zero-order valence-electron chi connectivity index (χ0n) is 19.8. The van der Waals surface area contributed by atoms with Gasteiger partial charge in [-0.3, -0.25) is 9.59 Å². The number of hydrogen-bond donors (Lipinski definition) is 1. The maximum atomic E-state index is 13.5. The molecule has 1 N–H and O–H groups in total. The van der Waals surface area contributed by atoms with Crippen molar-refractivity contribution in [3.63, 3.8) is 0 Å². The predicted octanol–water partition coefficient (Wildman–Crippen LogP) is 5.52. The highest BCUT2D eigenvalue weighted by Crippen LogP contribution is 2.18. The van der Waals surface area contributed by atoms with E-state index in [2.05, 4.69) is 28.2 Å². The van der Waals surface area contributed by atoms with Gasteiger partial charge in [-0.2, -0.15) is 0 Å². The lowest BCUT2D eigenvalue weighted by Crippen LogP contribution is -2.51. The number of benzene rings is 3. The van der Waals surface area contributed by atoms with Gasteiger partial charge in [0, 0.05) is 24.0 Å². The van der Waals surface area contributed by atoms with E-state index >= 15 is 0 Å². The molecule has 1 atom stereocenters. The molecule has 3 aromatic rings. The molecule has 0 aliphatic rings. The lowest BCUT2D eigenvalue weighted by atomic mass is 10.0. The normalized spacial score (nSPS) is 11.5. The second-order valence-electron chi connectivity index (χ2n) is 8.24. The fraction of sp³-hybridized carbons (Fsp3) is 0.286. The van der Waals surface area contributed by atoms with Gasteiger partial charge >= 0.3 is 0 Å². The lowest BCUT2D eigenvalue weighted by Gasteiger charge is -2.31. The maximum Gasteiger partial charge on any atom is 0.261 e. The van der Waals surface area contributed by atoms with Crippen molar-refractivity contribution in [2.24, 2.45) is 0 Å². The fourth-order valence-corrected chi connectivity index (χ4v) is 3.87. The smallest absolute Gasteiger partial charge is 0.261 e. The Morgan fingerprint density at radius 2 is 1.66 bits per heavy atom. The number of hydrogen-bond acceptors (Lipinski definition) is 3. The van der Waals surface area contributed by atoms with E-state index in [0.717, 1.165) is 28.4 Å². The van der Waals surface area contributed by atoms with Gasteiger partial charge < -0.3 is 15.0 Å². The summed E-state index contributed by atoms with van der Waals surface area (Å²) in [5, 5.41) is 2.98. The molecule has 5 nitrogen and oxygen atoms in total. The molecule has 0 aliphatic heterocycles. The third kappa shape index (κ3) is 8.51. The first-order chi connectivity index (χ1) is 17.0. The van der Waals surface area contributed by atoms with Gasteiger partial charge in [0.1, 0.15) is 17.6 Å². The summed E-state index contributed by atoms with van der Waals surface area (Å²) in [5.41, 5.74) is 1.66. The number of amides is 2. The zero-order valence-corrected chi connectivity index (χ0v) is 21.3. The second-order valence-corrected chi connectivity index (χ2v) is 9.16. The van der Waals surface area contributed by atoms with Crippen molar-refractivity contribution in [1.29, 1.82) is 0 Å². The molecule has 0 radical (unpaired) electrons. The van der Waals surface area contributed by atoms with Crippen molar-refractivity contribution in [2.45, 2.75) is 38.8 Å². The van der Waals surface area contributed by atoms with Crippen LogP contribution in [-0.2, 0) is 22.6 Å². The minimum atomic E-state index is -0.750. The van der Waals surface area contributed by atoms with Crippen LogP contribution in [0.2, 0.25) is 0 Å². The number of rotatable bonds is 12. The number of carbonyl (C=O) groups excluding carboxylic acids is 2. The Kier molecular flexibility index (Phi) is 10.3. The summed E-state index contributed by atoms with van der Waals surface area (Å²) in [6.45, 7) is 2.52. The first-order valence-corrected chi connectivity index (χ1v) is 12.5. The average molecular weight is 541 g/mol. The summed E-state index contributed by atoms with van der Waals surface area (Å²) >= 11 is 3.38. The highest BCUT2D eigenvalue weighted by molar-refractivity contribution is 9.10. The quantitative estimate of drug-likeness (QED) is 0.307. The molecule has 0 aliphatic carbocycles. The van der Waals surface area contributed by atoms with Gasteiger partial charge in [-0.05, 0) is 53.9 Å². The van der Waals surface area contributed by atoms with E-state index in [1.807, 2.05) is 42.5 Å². The van der Waals surface area contributed by atoms with Gasteiger partial charge in [0.05, 0.1) is 0 Å². The number of unbranched alkanes of at least 4 members (excludes halogenated alkanes) is 1. The molecule has 0 bridgehead atoms. The van der Waals surface area contributed by atoms with E-state index in [9.17, 15) is 14.0 Å². The van der Waals surface area contributed by atoms with Crippen molar-refractivity contribution in [3.05, 3.63) is 100 Å². The summed E-state index contributed by atoms with van der Waals surface area (Å²) < 4.78 is 20.1. The third-order valence-electron chi connectivity index (χ3n) is 5.54. The molecular formula is C28H30BrFN2O3. The van der Waals surface area contributed by atoms with Crippen LogP contribution in [0.1, 0.15) is 30.9 Å².